The largest absolute Gasteiger partial charge is 0.327 e. The maximum atomic E-state index is 12.9. The first-order chi connectivity index (χ1) is 13.6. The van der Waals surface area contributed by atoms with E-state index in [0.29, 0.717) is 5.16 Å². The lowest BCUT2D eigenvalue weighted by Gasteiger charge is -2.22. The number of carbonyl (C=O) groups is 1. The van der Waals surface area contributed by atoms with Gasteiger partial charge in [-0.25, -0.2) is 4.98 Å². The Balaban J connectivity index is 1.40. The predicted octanol–water partition coefficient (Wildman–Crippen LogP) is 3.59. The molecule has 6 nitrogen and oxygen atoms in total. The van der Waals surface area contributed by atoms with E-state index in [1.54, 1.807) is 0 Å². The minimum atomic E-state index is 0.0724. The van der Waals surface area contributed by atoms with E-state index >= 15 is 0 Å². The summed E-state index contributed by atoms with van der Waals surface area (Å²) < 4.78 is 2.02. The highest BCUT2D eigenvalue weighted by atomic mass is 32.2. The molecule has 1 aliphatic heterocycles. The van der Waals surface area contributed by atoms with Crippen molar-refractivity contribution in [2.45, 2.75) is 24.5 Å². The van der Waals surface area contributed by atoms with E-state index in [1.165, 1.54) is 17.3 Å². The Hall–Kier alpha value is -2.93. The zero-order valence-corrected chi connectivity index (χ0v) is 16.5. The zero-order valence-electron chi connectivity index (χ0n) is 15.7. The molecule has 2 aromatic carbocycles. The van der Waals surface area contributed by atoms with E-state index in [4.69, 9.17) is 0 Å². The molecule has 140 valence electrons. The third-order valence-corrected chi connectivity index (χ3v) is 6.11. The molecule has 0 bridgehead atoms. The number of carbonyl (C=O) groups excluding carboxylic acids is 1. The van der Waals surface area contributed by atoms with Crippen molar-refractivity contribution < 1.29 is 4.79 Å². The number of hydrogen-bond donors (Lipinski definition) is 0. The van der Waals surface area contributed by atoms with Crippen LogP contribution in [0.15, 0.2) is 53.7 Å². The van der Waals surface area contributed by atoms with Crippen molar-refractivity contribution in [3.63, 3.8) is 0 Å². The van der Waals surface area contributed by atoms with Crippen molar-refractivity contribution in [2.24, 2.45) is 7.05 Å². The molecule has 0 fully saturated rings. The number of para-hydroxylation sites is 2. The van der Waals surface area contributed by atoms with Crippen LogP contribution in [0.5, 0.6) is 0 Å². The molecule has 0 saturated carbocycles. The first-order valence-corrected chi connectivity index (χ1v) is 10.2. The molecule has 4 aromatic rings. The van der Waals surface area contributed by atoms with E-state index in [2.05, 4.69) is 28.2 Å². The standard InChI is InChI=1S/C21H19N5OS/c1-13-11-14-7-3-5-9-16(14)26(13)18(27)12-28-21-22-20-19(23-24-21)15-8-4-6-10-17(15)25(20)2/h3-10,13H,11-12H2,1-2H3/t13-/m0/s1. The molecule has 3 heterocycles. The van der Waals surface area contributed by atoms with Crippen LogP contribution in [-0.2, 0) is 18.3 Å². The number of hydrogen-bond acceptors (Lipinski definition) is 5. The van der Waals surface area contributed by atoms with Gasteiger partial charge in [-0.1, -0.05) is 48.2 Å². The van der Waals surface area contributed by atoms with Crippen LogP contribution < -0.4 is 4.90 Å². The van der Waals surface area contributed by atoms with Gasteiger partial charge in [0.15, 0.2) is 5.65 Å². The topological polar surface area (TPSA) is 63.9 Å². The number of rotatable bonds is 3. The number of aromatic nitrogens is 4. The molecule has 7 heteroatoms. The minimum absolute atomic E-state index is 0.0724. The quantitative estimate of drug-likeness (QED) is 0.501. The van der Waals surface area contributed by atoms with Gasteiger partial charge in [0, 0.05) is 24.2 Å². The summed E-state index contributed by atoms with van der Waals surface area (Å²) in [5, 5.41) is 10.2. The summed E-state index contributed by atoms with van der Waals surface area (Å²) in [5.41, 5.74) is 4.88. The molecule has 0 N–H and O–H groups in total. The molecule has 0 radical (unpaired) electrons. The molecule has 0 unspecified atom stereocenters. The Morgan fingerprint density at radius 3 is 2.82 bits per heavy atom. The summed E-state index contributed by atoms with van der Waals surface area (Å²) in [6.45, 7) is 2.09. The molecule has 28 heavy (non-hydrogen) atoms. The highest BCUT2D eigenvalue weighted by Gasteiger charge is 2.30. The summed E-state index contributed by atoms with van der Waals surface area (Å²) in [6, 6.07) is 16.3. The lowest BCUT2D eigenvalue weighted by atomic mass is 10.1. The lowest BCUT2D eigenvalue weighted by molar-refractivity contribution is -0.116. The molecular weight excluding hydrogens is 370 g/mol. The fourth-order valence-corrected chi connectivity index (χ4v) is 4.64. The van der Waals surface area contributed by atoms with Gasteiger partial charge in [-0.05, 0) is 31.0 Å². The van der Waals surface area contributed by atoms with Gasteiger partial charge in [0.1, 0.15) is 5.52 Å². The van der Waals surface area contributed by atoms with Crippen LogP contribution in [0.3, 0.4) is 0 Å². The van der Waals surface area contributed by atoms with Crippen LogP contribution in [-0.4, -0.2) is 37.5 Å². The lowest BCUT2D eigenvalue weighted by Crippen LogP contribution is -2.37. The van der Waals surface area contributed by atoms with Gasteiger partial charge in [0.2, 0.25) is 11.1 Å². The second-order valence-corrected chi connectivity index (χ2v) is 8.02. The van der Waals surface area contributed by atoms with Crippen LogP contribution in [0.1, 0.15) is 12.5 Å². The number of thioether (sulfide) groups is 1. The van der Waals surface area contributed by atoms with Gasteiger partial charge < -0.3 is 9.47 Å². The Kier molecular flexibility index (Phi) is 4.05. The Bertz CT molecular complexity index is 1220. The Morgan fingerprint density at radius 1 is 1.14 bits per heavy atom. The summed E-state index contributed by atoms with van der Waals surface area (Å²) >= 11 is 1.34. The van der Waals surface area contributed by atoms with E-state index in [9.17, 15) is 4.79 Å². The number of amides is 1. The second kappa shape index (κ2) is 6.60. The third kappa shape index (κ3) is 2.65. The van der Waals surface area contributed by atoms with Crippen molar-refractivity contribution >= 4 is 45.4 Å². The average Bonchev–Trinajstić information content (AvgIpc) is 3.20. The van der Waals surface area contributed by atoms with Gasteiger partial charge in [-0.2, -0.15) is 0 Å². The third-order valence-electron chi connectivity index (χ3n) is 5.29. The molecule has 5 rings (SSSR count). The van der Waals surface area contributed by atoms with Crippen molar-refractivity contribution in [3.8, 4) is 0 Å². The molecule has 1 aliphatic rings. The van der Waals surface area contributed by atoms with Gasteiger partial charge in [0.25, 0.3) is 0 Å². The molecule has 1 amide bonds. The molecule has 2 aromatic heterocycles. The SMILES string of the molecule is C[C@H]1Cc2ccccc2N1C(=O)CSc1nnc2c3ccccc3n(C)c2n1. The Morgan fingerprint density at radius 2 is 1.93 bits per heavy atom. The van der Waals surface area contributed by atoms with Crippen molar-refractivity contribution in [1.82, 2.24) is 19.7 Å². The van der Waals surface area contributed by atoms with E-state index in [0.717, 1.165) is 34.2 Å². The number of fused-ring (bicyclic) bond motifs is 4. The summed E-state index contributed by atoms with van der Waals surface area (Å²) in [4.78, 5) is 19.4. The molecular formula is C21H19N5OS. The van der Waals surface area contributed by atoms with Crippen LogP contribution >= 0.6 is 11.8 Å². The summed E-state index contributed by atoms with van der Waals surface area (Å²) in [6.07, 6.45) is 0.895. The monoisotopic (exact) mass is 389 g/mol. The Labute approximate surface area is 166 Å². The van der Waals surface area contributed by atoms with E-state index < -0.39 is 0 Å². The summed E-state index contributed by atoms with van der Waals surface area (Å²) in [7, 11) is 1.97. The highest BCUT2D eigenvalue weighted by Crippen LogP contribution is 2.33. The maximum absolute atomic E-state index is 12.9. The first-order valence-electron chi connectivity index (χ1n) is 9.24. The van der Waals surface area contributed by atoms with Crippen LogP contribution in [0.2, 0.25) is 0 Å². The van der Waals surface area contributed by atoms with Crippen LogP contribution in [0.4, 0.5) is 5.69 Å². The fraction of sp³-hybridized carbons (Fsp3) is 0.238. The average molecular weight is 389 g/mol. The second-order valence-electron chi connectivity index (χ2n) is 7.08. The van der Waals surface area contributed by atoms with Crippen LogP contribution in [0.25, 0.3) is 22.1 Å². The molecule has 0 aliphatic carbocycles. The normalized spacial score (nSPS) is 16.1. The minimum Gasteiger partial charge on any atom is -0.327 e. The first kappa shape index (κ1) is 17.2. The van der Waals surface area contributed by atoms with Gasteiger partial charge in [0.05, 0.1) is 11.3 Å². The zero-order chi connectivity index (χ0) is 19.3. The smallest absolute Gasteiger partial charge is 0.237 e. The highest BCUT2D eigenvalue weighted by molar-refractivity contribution is 7.99. The van der Waals surface area contributed by atoms with Crippen molar-refractivity contribution in [3.05, 3.63) is 54.1 Å². The maximum Gasteiger partial charge on any atom is 0.237 e. The number of anilines is 1. The van der Waals surface area contributed by atoms with Crippen LogP contribution in [0, 0.1) is 0 Å². The van der Waals surface area contributed by atoms with Gasteiger partial charge in [-0.15, -0.1) is 10.2 Å². The van der Waals surface area contributed by atoms with Crippen molar-refractivity contribution in [2.75, 3.05) is 10.7 Å². The molecule has 0 spiro atoms. The number of benzene rings is 2. The summed E-state index contributed by atoms with van der Waals surface area (Å²) in [5.74, 6) is 0.360. The van der Waals surface area contributed by atoms with E-state index in [-0.39, 0.29) is 17.7 Å². The number of nitrogens with zero attached hydrogens (tertiary/aromatic N) is 5. The molecule has 0 saturated heterocycles. The number of aryl methyl sites for hydroxylation is 1. The fourth-order valence-electron chi connectivity index (χ4n) is 3.99. The molecule has 1 atom stereocenters. The van der Waals surface area contributed by atoms with Gasteiger partial charge >= 0.3 is 0 Å². The van der Waals surface area contributed by atoms with Crippen molar-refractivity contribution in [1.29, 1.82) is 0 Å². The van der Waals surface area contributed by atoms with Gasteiger partial charge in [-0.3, -0.25) is 4.79 Å². The predicted molar refractivity (Wildman–Crippen MR) is 112 cm³/mol. The van der Waals surface area contributed by atoms with E-state index in [1.807, 2.05) is 59.0 Å².